The van der Waals surface area contributed by atoms with Crippen LogP contribution < -0.4 is 5.32 Å². The van der Waals surface area contributed by atoms with Gasteiger partial charge in [0, 0.05) is 42.7 Å². The maximum Gasteiger partial charge on any atom is 0.0937 e. The summed E-state index contributed by atoms with van der Waals surface area (Å²) >= 11 is 1.80. The molecule has 0 radical (unpaired) electrons. The van der Waals surface area contributed by atoms with Gasteiger partial charge < -0.3 is 5.32 Å². The van der Waals surface area contributed by atoms with Gasteiger partial charge in [-0.25, -0.2) is 4.98 Å². The molecule has 2 bridgehead atoms. The summed E-state index contributed by atoms with van der Waals surface area (Å²) in [5.74, 6) is 0. The first-order chi connectivity index (χ1) is 9.36. The summed E-state index contributed by atoms with van der Waals surface area (Å²) < 4.78 is 0. The summed E-state index contributed by atoms with van der Waals surface area (Å²) in [5.41, 5.74) is 0. The van der Waals surface area contributed by atoms with E-state index in [1.807, 2.05) is 6.20 Å². The molecule has 3 rings (SSSR count). The van der Waals surface area contributed by atoms with Crippen molar-refractivity contribution in [3.63, 3.8) is 0 Å². The van der Waals surface area contributed by atoms with Crippen molar-refractivity contribution < 1.29 is 0 Å². The molecule has 2 aliphatic heterocycles. The number of nitrogens with zero attached hydrogens (tertiary/aromatic N) is 2. The van der Waals surface area contributed by atoms with Gasteiger partial charge in [0.25, 0.3) is 0 Å². The van der Waals surface area contributed by atoms with Gasteiger partial charge >= 0.3 is 0 Å². The minimum atomic E-state index is 0.761. The quantitative estimate of drug-likeness (QED) is 0.898. The van der Waals surface area contributed by atoms with Gasteiger partial charge in [-0.05, 0) is 32.2 Å². The lowest BCUT2D eigenvalue weighted by atomic mass is 9.81. The first kappa shape index (κ1) is 13.5. The molecule has 1 N–H and O–H groups in total. The van der Waals surface area contributed by atoms with Crippen LogP contribution in [0.2, 0.25) is 0 Å². The van der Waals surface area contributed by atoms with E-state index in [1.54, 1.807) is 11.3 Å². The van der Waals surface area contributed by atoms with E-state index in [4.69, 9.17) is 0 Å². The van der Waals surface area contributed by atoms with Gasteiger partial charge in [0.05, 0.1) is 5.01 Å². The van der Waals surface area contributed by atoms with Crippen molar-refractivity contribution in [2.24, 2.45) is 0 Å². The number of rotatable bonds is 5. The van der Waals surface area contributed by atoms with Gasteiger partial charge in [0.1, 0.15) is 0 Å². The van der Waals surface area contributed by atoms with Crippen LogP contribution in [0.5, 0.6) is 0 Å². The van der Waals surface area contributed by atoms with E-state index in [9.17, 15) is 0 Å². The number of hydrogen-bond acceptors (Lipinski definition) is 4. The molecule has 4 heteroatoms. The molecule has 2 fully saturated rings. The Morgan fingerprint density at radius 2 is 2.16 bits per heavy atom. The topological polar surface area (TPSA) is 28.2 Å². The summed E-state index contributed by atoms with van der Waals surface area (Å²) in [6.07, 6.45) is 9.99. The van der Waals surface area contributed by atoms with Crippen molar-refractivity contribution in [2.45, 2.75) is 63.6 Å². The highest BCUT2D eigenvalue weighted by atomic mass is 32.1. The molecule has 19 heavy (non-hydrogen) atoms. The molecule has 2 saturated heterocycles. The van der Waals surface area contributed by atoms with Crippen LogP contribution in [-0.2, 0) is 6.42 Å². The SMILES string of the molecule is CCNC1CC2CCCC(C1)N2CCc1nccs1. The van der Waals surface area contributed by atoms with Crippen molar-refractivity contribution >= 4 is 11.3 Å². The normalized spacial score (nSPS) is 31.5. The second-order valence-corrected chi connectivity index (χ2v) is 6.86. The zero-order valence-corrected chi connectivity index (χ0v) is 12.7. The molecule has 2 atom stereocenters. The Bertz CT molecular complexity index is 365. The molecular weight excluding hydrogens is 254 g/mol. The smallest absolute Gasteiger partial charge is 0.0937 e. The highest BCUT2D eigenvalue weighted by molar-refractivity contribution is 7.09. The number of fused-ring (bicyclic) bond motifs is 2. The van der Waals surface area contributed by atoms with E-state index >= 15 is 0 Å². The van der Waals surface area contributed by atoms with E-state index in [0.29, 0.717) is 0 Å². The molecule has 3 nitrogen and oxygen atoms in total. The second kappa shape index (κ2) is 6.33. The largest absolute Gasteiger partial charge is 0.314 e. The maximum absolute atomic E-state index is 4.42. The van der Waals surface area contributed by atoms with E-state index in [2.05, 4.69) is 27.5 Å². The lowest BCUT2D eigenvalue weighted by molar-refractivity contribution is 0.0259. The van der Waals surface area contributed by atoms with E-state index in [0.717, 1.165) is 31.1 Å². The Hall–Kier alpha value is -0.450. The number of piperidine rings is 2. The Kier molecular flexibility index (Phi) is 4.51. The minimum absolute atomic E-state index is 0.761. The average molecular weight is 279 g/mol. The predicted octanol–water partition coefficient (Wildman–Crippen LogP) is 2.68. The Morgan fingerprint density at radius 1 is 1.37 bits per heavy atom. The second-order valence-electron chi connectivity index (χ2n) is 5.88. The van der Waals surface area contributed by atoms with Crippen LogP contribution in [0, 0.1) is 0 Å². The zero-order chi connectivity index (χ0) is 13.1. The van der Waals surface area contributed by atoms with E-state index < -0.39 is 0 Å². The fourth-order valence-electron chi connectivity index (χ4n) is 3.90. The predicted molar refractivity (Wildman–Crippen MR) is 80.6 cm³/mol. The number of thiazole rings is 1. The van der Waals surface area contributed by atoms with E-state index in [-0.39, 0.29) is 0 Å². The fraction of sp³-hybridized carbons (Fsp3) is 0.800. The van der Waals surface area contributed by atoms with Crippen molar-refractivity contribution in [3.8, 4) is 0 Å². The first-order valence-corrected chi connectivity index (χ1v) is 8.62. The van der Waals surface area contributed by atoms with Gasteiger partial charge in [-0.1, -0.05) is 13.3 Å². The highest BCUT2D eigenvalue weighted by Gasteiger charge is 2.37. The lowest BCUT2D eigenvalue weighted by Crippen LogP contribution is -2.56. The Balaban J connectivity index is 1.59. The molecule has 106 valence electrons. The summed E-state index contributed by atoms with van der Waals surface area (Å²) in [4.78, 5) is 7.21. The monoisotopic (exact) mass is 279 g/mol. The van der Waals surface area contributed by atoms with Crippen molar-refractivity contribution in [2.75, 3.05) is 13.1 Å². The van der Waals surface area contributed by atoms with Crippen molar-refractivity contribution in [3.05, 3.63) is 16.6 Å². The fourth-order valence-corrected chi connectivity index (χ4v) is 4.51. The molecule has 0 aromatic carbocycles. The summed E-state index contributed by atoms with van der Waals surface area (Å²) in [5, 5.41) is 7.06. The Morgan fingerprint density at radius 3 is 2.79 bits per heavy atom. The maximum atomic E-state index is 4.42. The van der Waals surface area contributed by atoms with Gasteiger partial charge in [0.2, 0.25) is 0 Å². The molecule has 0 saturated carbocycles. The average Bonchev–Trinajstić information content (AvgIpc) is 2.89. The summed E-state index contributed by atoms with van der Waals surface area (Å²) in [7, 11) is 0. The molecule has 1 aromatic rings. The summed E-state index contributed by atoms with van der Waals surface area (Å²) in [6.45, 7) is 4.55. The molecule has 1 aromatic heterocycles. The van der Waals surface area contributed by atoms with Crippen LogP contribution in [0.15, 0.2) is 11.6 Å². The zero-order valence-electron chi connectivity index (χ0n) is 11.8. The number of aromatic nitrogens is 1. The lowest BCUT2D eigenvalue weighted by Gasteiger charge is -2.49. The van der Waals surface area contributed by atoms with Crippen LogP contribution in [0.4, 0.5) is 0 Å². The van der Waals surface area contributed by atoms with Crippen molar-refractivity contribution in [1.82, 2.24) is 15.2 Å². The van der Waals surface area contributed by atoms with Gasteiger partial charge in [-0.2, -0.15) is 0 Å². The third-order valence-electron chi connectivity index (χ3n) is 4.69. The molecule has 2 aliphatic rings. The van der Waals surface area contributed by atoms with Crippen molar-refractivity contribution in [1.29, 1.82) is 0 Å². The number of hydrogen-bond donors (Lipinski definition) is 1. The molecule has 0 spiro atoms. The van der Waals surface area contributed by atoms with Crippen LogP contribution in [0.3, 0.4) is 0 Å². The van der Waals surface area contributed by atoms with Crippen LogP contribution in [0.25, 0.3) is 0 Å². The third-order valence-corrected chi connectivity index (χ3v) is 5.53. The third kappa shape index (κ3) is 3.18. The summed E-state index contributed by atoms with van der Waals surface area (Å²) in [6, 6.07) is 2.39. The van der Waals surface area contributed by atoms with Crippen LogP contribution >= 0.6 is 11.3 Å². The molecule has 0 aliphatic carbocycles. The standard InChI is InChI=1S/C15H25N3S/c1-2-16-12-10-13-4-3-5-14(11-12)18(13)8-6-15-17-7-9-19-15/h7,9,12-14,16H,2-6,8,10-11H2,1H3. The minimum Gasteiger partial charge on any atom is -0.314 e. The van der Waals surface area contributed by atoms with Crippen LogP contribution in [0.1, 0.15) is 44.0 Å². The molecular formula is C15H25N3S. The van der Waals surface area contributed by atoms with Gasteiger partial charge in [-0.3, -0.25) is 4.90 Å². The number of nitrogens with one attached hydrogen (secondary N) is 1. The van der Waals surface area contributed by atoms with Gasteiger partial charge in [0.15, 0.2) is 0 Å². The van der Waals surface area contributed by atoms with E-state index in [1.165, 1.54) is 43.7 Å². The molecule has 0 amide bonds. The Labute approximate surface area is 120 Å². The molecule has 3 heterocycles. The molecule has 2 unspecified atom stereocenters. The first-order valence-electron chi connectivity index (χ1n) is 7.74. The van der Waals surface area contributed by atoms with Crippen LogP contribution in [-0.4, -0.2) is 41.1 Å². The van der Waals surface area contributed by atoms with Gasteiger partial charge in [-0.15, -0.1) is 11.3 Å². The highest BCUT2D eigenvalue weighted by Crippen LogP contribution is 2.34.